The van der Waals surface area contributed by atoms with E-state index in [1.165, 1.54) is 11.3 Å². The van der Waals surface area contributed by atoms with Crippen LogP contribution in [0.1, 0.15) is 21.8 Å². The van der Waals surface area contributed by atoms with E-state index >= 15 is 0 Å². The molecule has 0 saturated heterocycles. The lowest BCUT2D eigenvalue weighted by molar-refractivity contribution is 0.101. The number of thiazole rings is 1. The first-order valence-corrected chi connectivity index (χ1v) is 8.49. The van der Waals surface area contributed by atoms with Gasteiger partial charge in [0.05, 0.1) is 0 Å². The van der Waals surface area contributed by atoms with Gasteiger partial charge in [-0.2, -0.15) is 0 Å². The standard InChI is InChI=1S/C18H14N4O2S/c1-10-9-15(22-24-10)16(23)20-13-6-3-5-12(11(13)2)17-21-14-7-4-8-19-18(14)25-17/h3-9H,1-2H3,(H,20,23). The van der Waals surface area contributed by atoms with E-state index in [9.17, 15) is 4.79 Å². The molecule has 4 rings (SSSR count). The number of hydrogen-bond donors (Lipinski definition) is 1. The zero-order valence-corrected chi connectivity index (χ0v) is 14.4. The Morgan fingerprint density at radius 3 is 2.84 bits per heavy atom. The zero-order valence-electron chi connectivity index (χ0n) is 13.6. The molecule has 0 fully saturated rings. The normalized spacial score (nSPS) is 11.0. The molecule has 0 saturated carbocycles. The van der Waals surface area contributed by atoms with E-state index in [1.54, 1.807) is 19.2 Å². The Morgan fingerprint density at radius 1 is 1.20 bits per heavy atom. The van der Waals surface area contributed by atoms with Crippen molar-refractivity contribution in [2.75, 3.05) is 5.32 Å². The minimum atomic E-state index is -0.303. The van der Waals surface area contributed by atoms with Gasteiger partial charge in [0.15, 0.2) is 5.69 Å². The molecule has 0 atom stereocenters. The highest BCUT2D eigenvalue weighted by Crippen LogP contribution is 2.33. The number of anilines is 1. The molecule has 1 N–H and O–H groups in total. The number of pyridine rings is 1. The minimum absolute atomic E-state index is 0.256. The molecular formula is C18H14N4O2S. The molecule has 0 unspecified atom stereocenters. The van der Waals surface area contributed by atoms with Crippen LogP contribution in [0.5, 0.6) is 0 Å². The SMILES string of the molecule is Cc1cc(C(=O)Nc2cccc(-c3nc4cccnc4s3)c2C)no1. The average molecular weight is 350 g/mol. The number of rotatable bonds is 3. The lowest BCUT2D eigenvalue weighted by Crippen LogP contribution is -2.13. The summed E-state index contributed by atoms with van der Waals surface area (Å²) in [6.45, 7) is 3.70. The van der Waals surface area contributed by atoms with Gasteiger partial charge in [-0.25, -0.2) is 9.97 Å². The summed E-state index contributed by atoms with van der Waals surface area (Å²) in [5.41, 5.74) is 3.75. The lowest BCUT2D eigenvalue weighted by atomic mass is 10.1. The van der Waals surface area contributed by atoms with Crippen LogP contribution in [0.15, 0.2) is 47.1 Å². The predicted molar refractivity (Wildman–Crippen MR) is 96.8 cm³/mol. The summed E-state index contributed by atoms with van der Waals surface area (Å²) in [6.07, 6.45) is 1.76. The molecule has 0 spiro atoms. The van der Waals surface area contributed by atoms with Gasteiger partial charge in [-0.15, -0.1) is 0 Å². The summed E-state index contributed by atoms with van der Waals surface area (Å²) in [5, 5.41) is 7.50. The number of fused-ring (bicyclic) bond motifs is 1. The first kappa shape index (κ1) is 15.5. The van der Waals surface area contributed by atoms with Crippen molar-refractivity contribution in [1.82, 2.24) is 15.1 Å². The highest BCUT2D eigenvalue weighted by Gasteiger charge is 2.15. The van der Waals surface area contributed by atoms with Gasteiger partial charge in [-0.3, -0.25) is 4.79 Å². The van der Waals surface area contributed by atoms with Crippen LogP contribution in [0.4, 0.5) is 5.69 Å². The smallest absolute Gasteiger partial charge is 0.277 e. The number of aryl methyl sites for hydroxylation is 1. The van der Waals surface area contributed by atoms with Crippen molar-refractivity contribution in [3.05, 3.63) is 59.6 Å². The van der Waals surface area contributed by atoms with Gasteiger partial charge in [0, 0.05) is 23.5 Å². The van der Waals surface area contributed by atoms with Crippen molar-refractivity contribution in [2.45, 2.75) is 13.8 Å². The third kappa shape index (κ3) is 2.89. The number of carbonyl (C=O) groups excluding carboxylic acids is 1. The zero-order chi connectivity index (χ0) is 17.4. The number of amides is 1. The van der Waals surface area contributed by atoms with Crippen molar-refractivity contribution in [3.63, 3.8) is 0 Å². The topological polar surface area (TPSA) is 80.9 Å². The second kappa shape index (κ2) is 6.10. The predicted octanol–water partition coefficient (Wildman–Crippen LogP) is 4.22. The van der Waals surface area contributed by atoms with Crippen LogP contribution in [0.25, 0.3) is 20.9 Å². The van der Waals surface area contributed by atoms with Crippen LogP contribution in [0.3, 0.4) is 0 Å². The Kier molecular flexibility index (Phi) is 3.77. The molecule has 0 radical (unpaired) electrons. The van der Waals surface area contributed by atoms with Crippen molar-refractivity contribution < 1.29 is 9.32 Å². The molecule has 1 amide bonds. The summed E-state index contributed by atoms with van der Waals surface area (Å²) < 4.78 is 4.95. The van der Waals surface area contributed by atoms with Gasteiger partial charge in [-0.05, 0) is 37.6 Å². The van der Waals surface area contributed by atoms with Crippen LogP contribution in [-0.4, -0.2) is 21.0 Å². The monoisotopic (exact) mass is 350 g/mol. The molecule has 0 aliphatic rings. The first-order chi connectivity index (χ1) is 12.1. The fraction of sp³-hybridized carbons (Fsp3) is 0.111. The Bertz CT molecular complexity index is 1050. The Balaban J connectivity index is 1.69. The van der Waals surface area contributed by atoms with Crippen molar-refractivity contribution in [2.24, 2.45) is 0 Å². The van der Waals surface area contributed by atoms with Crippen molar-refractivity contribution in [3.8, 4) is 10.6 Å². The van der Waals surface area contributed by atoms with Crippen LogP contribution in [-0.2, 0) is 0 Å². The molecule has 0 aliphatic carbocycles. The van der Waals surface area contributed by atoms with E-state index in [1.807, 2.05) is 37.3 Å². The molecule has 0 aliphatic heterocycles. The van der Waals surface area contributed by atoms with Crippen LogP contribution < -0.4 is 5.32 Å². The Hall–Kier alpha value is -3.06. The number of hydrogen-bond acceptors (Lipinski definition) is 6. The number of nitrogens with one attached hydrogen (secondary N) is 1. The second-order valence-corrected chi connectivity index (χ2v) is 6.58. The van der Waals surface area contributed by atoms with E-state index in [4.69, 9.17) is 4.52 Å². The van der Waals surface area contributed by atoms with Gasteiger partial charge in [-0.1, -0.05) is 28.6 Å². The molecule has 3 heterocycles. The van der Waals surface area contributed by atoms with Gasteiger partial charge >= 0.3 is 0 Å². The molecular weight excluding hydrogens is 336 g/mol. The third-order valence-electron chi connectivity index (χ3n) is 3.84. The largest absolute Gasteiger partial charge is 0.361 e. The van der Waals surface area contributed by atoms with Gasteiger partial charge in [0.25, 0.3) is 5.91 Å². The first-order valence-electron chi connectivity index (χ1n) is 7.68. The maximum atomic E-state index is 12.3. The summed E-state index contributed by atoms with van der Waals surface area (Å²) in [5.74, 6) is 0.292. The molecule has 6 nitrogen and oxygen atoms in total. The molecule has 25 heavy (non-hydrogen) atoms. The van der Waals surface area contributed by atoms with Crippen molar-refractivity contribution >= 4 is 33.3 Å². The maximum absolute atomic E-state index is 12.3. The fourth-order valence-corrected chi connectivity index (χ4v) is 3.54. The summed E-state index contributed by atoms with van der Waals surface area (Å²) in [6, 6.07) is 11.2. The molecule has 124 valence electrons. The molecule has 4 aromatic rings. The third-order valence-corrected chi connectivity index (χ3v) is 4.85. The van der Waals surface area contributed by atoms with E-state index < -0.39 is 0 Å². The Labute approximate surface area is 147 Å². The van der Waals surface area contributed by atoms with Crippen LogP contribution in [0, 0.1) is 13.8 Å². The fourth-order valence-electron chi connectivity index (χ4n) is 2.55. The van der Waals surface area contributed by atoms with Gasteiger partial charge < -0.3 is 9.84 Å². The van der Waals surface area contributed by atoms with Gasteiger partial charge in [0.2, 0.25) is 0 Å². The molecule has 3 aromatic heterocycles. The molecule has 0 bridgehead atoms. The quantitative estimate of drug-likeness (QED) is 0.598. The number of benzene rings is 1. The minimum Gasteiger partial charge on any atom is -0.361 e. The second-order valence-electron chi connectivity index (χ2n) is 5.60. The van der Waals surface area contributed by atoms with Crippen molar-refractivity contribution in [1.29, 1.82) is 0 Å². The lowest BCUT2D eigenvalue weighted by Gasteiger charge is -2.10. The molecule has 7 heteroatoms. The average Bonchev–Trinajstić information content (AvgIpc) is 3.22. The highest BCUT2D eigenvalue weighted by atomic mass is 32.1. The summed E-state index contributed by atoms with van der Waals surface area (Å²) in [7, 11) is 0. The van der Waals surface area contributed by atoms with Crippen LogP contribution >= 0.6 is 11.3 Å². The van der Waals surface area contributed by atoms with E-state index in [0.717, 1.165) is 32.2 Å². The van der Waals surface area contributed by atoms with E-state index in [-0.39, 0.29) is 11.6 Å². The number of nitrogens with zero attached hydrogens (tertiary/aromatic N) is 3. The Morgan fingerprint density at radius 2 is 2.08 bits per heavy atom. The summed E-state index contributed by atoms with van der Waals surface area (Å²) in [4.78, 5) is 22.2. The van der Waals surface area contributed by atoms with E-state index in [0.29, 0.717) is 5.76 Å². The van der Waals surface area contributed by atoms with E-state index in [2.05, 4.69) is 20.4 Å². The molecule has 1 aromatic carbocycles. The maximum Gasteiger partial charge on any atom is 0.277 e. The number of aromatic nitrogens is 3. The summed E-state index contributed by atoms with van der Waals surface area (Å²) >= 11 is 1.53. The van der Waals surface area contributed by atoms with Crippen LogP contribution in [0.2, 0.25) is 0 Å². The highest BCUT2D eigenvalue weighted by molar-refractivity contribution is 7.21. The van der Waals surface area contributed by atoms with Gasteiger partial charge in [0.1, 0.15) is 21.1 Å². The number of carbonyl (C=O) groups is 1.